The van der Waals surface area contributed by atoms with Gasteiger partial charge in [-0.3, -0.25) is 9.59 Å². The van der Waals surface area contributed by atoms with Gasteiger partial charge in [0.15, 0.2) is 11.5 Å². The van der Waals surface area contributed by atoms with Crippen LogP contribution < -0.4 is 14.8 Å². The summed E-state index contributed by atoms with van der Waals surface area (Å²) in [4.78, 5) is 27.6. The lowest BCUT2D eigenvalue weighted by Gasteiger charge is -2.28. The highest BCUT2D eigenvalue weighted by Gasteiger charge is 2.23. The van der Waals surface area contributed by atoms with E-state index < -0.39 is 5.91 Å². The van der Waals surface area contributed by atoms with Crippen molar-refractivity contribution >= 4 is 29.5 Å². The first-order valence-corrected chi connectivity index (χ1v) is 9.78. The third-order valence-corrected chi connectivity index (χ3v) is 4.94. The summed E-state index contributed by atoms with van der Waals surface area (Å²) in [5.74, 6) is 0.320. The number of nitrogens with one attached hydrogen (secondary N) is 1. The number of carbonyl (C=O) groups excluding carboxylic acids is 2. The molecule has 2 aromatic rings. The van der Waals surface area contributed by atoms with Crippen LogP contribution in [0.25, 0.3) is 6.08 Å². The number of benzene rings is 2. The van der Waals surface area contributed by atoms with Gasteiger partial charge in [0.25, 0.3) is 11.8 Å². The van der Waals surface area contributed by atoms with Gasteiger partial charge in [-0.05, 0) is 35.9 Å². The summed E-state index contributed by atoms with van der Waals surface area (Å²) in [6.07, 6.45) is 1.61. The zero-order valence-electron chi connectivity index (χ0n) is 16.8. The van der Waals surface area contributed by atoms with E-state index in [0.29, 0.717) is 48.4 Å². The minimum absolute atomic E-state index is 0.133. The van der Waals surface area contributed by atoms with Gasteiger partial charge in [0.05, 0.1) is 38.0 Å². The highest BCUT2D eigenvalue weighted by atomic mass is 35.5. The summed E-state index contributed by atoms with van der Waals surface area (Å²) in [6.45, 7) is 1.80. The zero-order chi connectivity index (χ0) is 21.5. The normalized spacial score (nSPS) is 14.2. The molecular weight excluding hydrogens is 408 g/mol. The topological polar surface area (TPSA) is 77.1 Å². The molecule has 158 valence electrons. The molecule has 0 aromatic heterocycles. The molecular formula is C22H23ClN2O5. The zero-order valence-corrected chi connectivity index (χ0v) is 17.6. The summed E-state index contributed by atoms with van der Waals surface area (Å²) in [5, 5.41) is 3.02. The molecule has 1 heterocycles. The smallest absolute Gasteiger partial charge is 0.270 e. The number of nitrogens with zero attached hydrogens (tertiary/aromatic N) is 1. The van der Waals surface area contributed by atoms with Crippen LogP contribution in [0.15, 0.2) is 48.2 Å². The number of carbonyl (C=O) groups is 2. The fourth-order valence-corrected chi connectivity index (χ4v) is 3.25. The maximum absolute atomic E-state index is 13.1. The summed E-state index contributed by atoms with van der Waals surface area (Å²) in [6, 6.07) is 11.9. The quantitative estimate of drug-likeness (QED) is 0.713. The first-order valence-electron chi connectivity index (χ1n) is 9.40. The van der Waals surface area contributed by atoms with Crippen molar-refractivity contribution in [3.05, 3.63) is 64.3 Å². The van der Waals surface area contributed by atoms with E-state index >= 15 is 0 Å². The molecule has 0 unspecified atom stereocenters. The Labute approximate surface area is 180 Å². The highest BCUT2D eigenvalue weighted by molar-refractivity contribution is 6.34. The van der Waals surface area contributed by atoms with Crippen molar-refractivity contribution in [3.63, 3.8) is 0 Å². The Morgan fingerprint density at radius 1 is 1.07 bits per heavy atom. The number of halogens is 1. The van der Waals surface area contributed by atoms with Gasteiger partial charge in [-0.25, -0.2) is 0 Å². The predicted molar refractivity (Wildman–Crippen MR) is 114 cm³/mol. The second kappa shape index (κ2) is 10.1. The predicted octanol–water partition coefficient (Wildman–Crippen LogP) is 2.99. The van der Waals surface area contributed by atoms with E-state index in [1.807, 2.05) is 0 Å². The van der Waals surface area contributed by atoms with Gasteiger partial charge in [-0.15, -0.1) is 0 Å². The Morgan fingerprint density at radius 2 is 1.77 bits per heavy atom. The second-order valence-electron chi connectivity index (χ2n) is 6.51. The minimum atomic E-state index is -0.464. The van der Waals surface area contributed by atoms with Gasteiger partial charge in [0.1, 0.15) is 5.70 Å². The number of amides is 2. The van der Waals surface area contributed by atoms with E-state index in [9.17, 15) is 9.59 Å². The van der Waals surface area contributed by atoms with E-state index in [1.165, 1.54) is 7.11 Å². The van der Waals surface area contributed by atoms with Crippen LogP contribution in [0.3, 0.4) is 0 Å². The monoisotopic (exact) mass is 430 g/mol. The van der Waals surface area contributed by atoms with Gasteiger partial charge < -0.3 is 24.4 Å². The number of hydrogen-bond acceptors (Lipinski definition) is 5. The van der Waals surface area contributed by atoms with Gasteiger partial charge in [-0.1, -0.05) is 29.8 Å². The molecule has 0 radical (unpaired) electrons. The van der Waals surface area contributed by atoms with Crippen molar-refractivity contribution in [2.24, 2.45) is 0 Å². The minimum Gasteiger partial charge on any atom is -0.493 e. The number of ether oxygens (including phenoxy) is 3. The first kappa shape index (κ1) is 21.7. The maximum Gasteiger partial charge on any atom is 0.270 e. The fraction of sp³-hybridized carbons (Fsp3) is 0.273. The van der Waals surface area contributed by atoms with Crippen LogP contribution >= 0.6 is 11.6 Å². The molecule has 1 fully saturated rings. The van der Waals surface area contributed by atoms with Crippen LogP contribution in [-0.2, 0) is 9.53 Å². The van der Waals surface area contributed by atoms with Crippen LogP contribution in [0, 0.1) is 0 Å². The number of rotatable bonds is 6. The Morgan fingerprint density at radius 3 is 2.43 bits per heavy atom. The van der Waals surface area contributed by atoms with Crippen LogP contribution in [0.1, 0.15) is 15.9 Å². The molecule has 1 aliphatic rings. The number of methoxy groups -OCH3 is 2. The van der Waals surface area contributed by atoms with Crippen LogP contribution in [0.2, 0.25) is 5.02 Å². The largest absolute Gasteiger partial charge is 0.493 e. The van der Waals surface area contributed by atoms with Gasteiger partial charge in [0.2, 0.25) is 0 Å². The van der Waals surface area contributed by atoms with E-state index in [0.717, 1.165) is 0 Å². The Bertz CT molecular complexity index is 954. The SMILES string of the molecule is COc1ccc(/C=C(\NC(=O)c2ccccc2Cl)C(=O)N2CCOCC2)cc1OC. The summed E-state index contributed by atoms with van der Waals surface area (Å²) >= 11 is 6.14. The van der Waals surface area contributed by atoms with Crippen molar-refractivity contribution < 1.29 is 23.8 Å². The van der Waals surface area contributed by atoms with Gasteiger partial charge >= 0.3 is 0 Å². The highest BCUT2D eigenvalue weighted by Crippen LogP contribution is 2.28. The van der Waals surface area contributed by atoms with Crippen molar-refractivity contribution in [3.8, 4) is 11.5 Å². The summed E-state index contributed by atoms with van der Waals surface area (Å²) in [5.41, 5.74) is 1.09. The maximum atomic E-state index is 13.1. The Kier molecular flexibility index (Phi) is 7.32. The van der Waals surface area contributed by atoms with Gasteiger partial charge in [-0.2, -0.15) is 0 Å². The molecule has 0 spiro atoms. The molecule has 1 N–H and O–H groups in total. The molecule has 8 heteroatoms. The van der Waals surface area contributed by atoms with Crippen molar-refractivity contribution in [2.75, 3.05) is 40.5 Å². The van der Waals surface area contributed by atoms with Crippen molar-refractivity contribution in [1.82, 2.24) is 10.2 Å². The van der Waals surface area contributed by atoms with E-state index in [2.05, 4.69) is 5.32 Å². The molecule has 0 atom stereocenters. The Balaban J connectivity index is 1.94. The third kappa shape index (κ3) is 5.11. The molecule has 7 nitrogen and oxygen atoms in total. The van der Waals surface area contributed by atoms with E-state index in [4.69, 9.17) is 25.8 Å². The molecule has 3 rings (SSSR count). The van der Waals surface area contributed by atoms with E-state index in [-0.39, 0.29) is 17.2 Å². The lowest BCUT2D eigenvalue weighted by Crippen LogP contribution is -2.44. The molecule has 1 aliphatic heterocycles. The number of morpholine rings is 1. The molecule has 0 bridgehead atoms. The standard InChI is InChI=1S/C22H23ClN2O5/c1-28-19-8-7-15(14-20(19)29-2)13-18(22(27)25-9-11-30-12-10-25)24-21(26)16-5-3-4-6-17(16)23/h3-8,13-14H,9-12H2,1-2H3,(H,24,26)/b18-13-. The first-order chi connectivity index (χ1) is 14.5. The Hall–Kier alpha value is -3.03. The number of hydrogen-bond donors (Lipinski definition) is 1. The van der Waals surface area contributed by atoms with Crippen molar-refractivity contribution in [1.29, 1.82) is 0 Å². The fourth-order valence-electron chi connectivity index (χ4n) is 3.03. The third-order valence-electron chi connectivity index (χ3n) is 4.61. The molecule has 2 amide bonds. The second-order valence-corrected chi connectivity index (χ2v) is 6.92. The van der Waals surface area contributed by atoms with Crippen molar-refractivity contribution in [2.45, 2.75) is 0 Å². The average molecular weight is 431 g/mol. The molecule has 2 aromatic carbocycles. The van der Waals surface area contributed by atoms with Crippen LogP contribution in [0.4, 0.5) is 0 Å². The van der Waals surface area contributed by atoms with E-state index in [1.54, 1.807) is 60.6 Å². The molecule has 0 aliphatic carbocycles. The van der Waals surface area contributed by atoms with Gasteiger partial charge in [0, 0.05) is 13.1 Å². The van der Waals surface area contributed by atoms with Crippen LogP contribution in [-0.4, -0.2) is 57.2 Å². The summed E-state index contributed by atoms with van der Waals surface area (Å²) in [7, 11) is 3.08. The molecule has 30 heavy (non-hydrogen) atoms. The molecule has 1 saturated heterocycles. The summed E-state index contributed by atoms with van der Waals surface area (Å²) < 4.78 is 15.9. The average Bonchev–Trinajstić information content (AvgIpc) is 2.78. The van der Waals surface area contributed by atoms with Crippen LogP contribution in [0.5, 0.6) is 11.5 Å². The lowest BCUT2D eigenvalue weighted by molar-refractivity contribution is -0.131. The lowest BCUT2D eigenvalue weighted by atomic mass is 10.1. The molecule has 0 saturated carbocycles.